The van der Waals surface area contributed by atoms with Crippen molar-refractivity contribution in [3.8, 4) is 0 Å². The molecule has 0 unspecified atom stereocenters. The third-order valence-corrected chi connectivity index (χ3v) is 2.17. The minimum atomic E-state index is -0.496. The predicted molar refractivity (Wildman–Crippen MR) is 49.9 cm³/mol. The molecule has 1 aromatic rings. The van der Waals surface area contributed by atoms with Crippen molar-refractivity contribution >= 4 is 35.6 Å². The van der Waals surface area contributed by atoms with Gasteiger partial charge in [0, 0.05) is 0 Å². The molecule has 11 heavy (non-hydrogen) atoms. The van der Waals surface area contributed by atoms with Crippen molar-refractivity contribution in [2.45, 2.75) is 6.82 Å². The lowest BCUT2D eigenvalue weighted by atomic mass is 9.64. The summed E-state index contributed by atoms with van der Waals surface area (Å²) in [4.78, 5) is 0. The molecule has 0 bridgehead atoms. The van der Waals surface area contributed by atoms with Crippen LogP contribution in [0.1, 0.15) is 0 Å². The molecule has 4 heteroatoms. The minimum absolute atomic E-state index is 0.477. The zero-order valence-electron chi connectivity index (χ0n) is 6.01. The van der Waals surface area contributed by atoms with Crippen molar-refractivity contribution in [3.63, 3.8) is 0 Å². The van der Waals surface area contributed by atoms with Crippen LogP contribution in [-0.4, -0.2) is 11.9 Å². The summed E-state index contributed by atoms with van der Waals surface area (Å²) in [5, 5.41) is 10.1. The second kappa shape index (κ2) is 3.48. The molecule has 1 aromatic carbocycles. The van der Waals surface area contributed by atoms with Gasteiger partial charge in [-0.05, 0) is 17.6 Å². The van der Waals surface area contributed by atoms with Crippen LogP contribution in [0.3, 0.4) is 0 Å². The van der Waals surface area contributed by atoms with E-state index in [1.54, 1.807) is 25.0 Å². The highest BCUT2D eigenvalue weighted by molar-refractivity contribution is 6.65. The molecule has 0 heterocycles. The van der Waals surface area contributed by atoms with Crippen molar-refractivity contribution in [2.24, 2.45) is 0 Å². The molecule has 1 rings (SSSR count). The van der Waals surface area contributed by atoms with Crippen molar-refractivity contribution in [3.05, 3.63) is 28.2 Å². The van der Waals surface area contributed by atoms with E-state index in [1.165, 1.54) is 0 Å². The van der Waals surface area contributed by atoms with Gasteiger partial charge in [0.1, 0.15) is 0 Å². The number of rotatable bonds is 1. The molecule has 1 N–H and O–H groups in total. The van der Waals surface area contributed by atoms with E-state index < -0.39 is 6.92 Å². The summed E-state index contributed by atoms with van der Waals surface area (Å²) in [6.45, 7) is 1.18. The summed E-state index contributed by atoms with van der Waals surface area (Å²) in [6, 6.07) is 5.08. The molecule has 58 valence electrons. The fourth-order valence-electron chi connectivity index (χ4n) is 0.772. The van der Waals surface area contributed by atoms with E-state index in [4.69, 9.17) is 28.2 Å². The molecule has 1 nitrogen and oxygen atoms in total. The zero-order chi connectivity index (χ0) is 8.43. The summed E-state index contributed by atoms with van der Waals surface area (Å²) in [5.41, 5.74) is 0.777. The maximum atomic E-state index is 9.14. The van der Waals surface area contributed by atoms with E-state index in [9.17, 15) is 0 Å². The number of halogens is 2. The molecule has 0 spiro atoms. The molecule has 0 aliphatic heterocycles. The quantitative estimate of drug-likeness (QED) is 0.667. The Balaban J connectivity index is 3.05. The second-order valence-electron chi connectivity index (χ2n) is 2.35. The first-order chi connectivity index (χ1) is 5.11. The summed E-state index contributed by atoms with van der Waals surface area (Å²) >= 11 is 11.4. The molecule has 0 amide bonds. The van der Waals surface area contributed by atoms with Crippen molar-refractivity contribution in [1.82, 2.24) is 0 Å². The molecule has 0 atom stereocenters. The smallest absolute Gasteiger partial charge is 0.320 e. The fourth-order valence-corrected chi connectivity index (χ4v) is 1.08. The Bertz CT molecular complexity index is 263. The lowest BCUT2D eigenvalue weighted by molar-refractivity contribution is 0.594. The van der Waals surface area contributed by atoms with E-state index in [1.807, 2.05) is 0 Å². The predicted octanol–water partition coefficient (Wildman–Crippen LogP) is 1.81. The van der Waals surface area contributed by atoms with Gasteiger partial charge in [-0.25, -0.2) is 0 Å². The van der Waals surface area contributed by atoms with Crippen LogP contribution >= 0.6 is 23.2 Å². The van der Waals surface area contributed by atoms with Crippen LogP contribution in [0.15, 0.2) is 18.2 Å². The van der Waals surface area contributed by atoms with E-state index >= 15 is 0 Å². The summed E-state index contributed by atoms with van der Waals surface area (Å²) in [5.74, 6) is 0. The number of hydrogen-bond donors (Lipinski definition) is 1. The summed E-state index contributed by atoms with van der Waals surface area (Å²) in [6.07, 6.45) is 0. The molecule has 0 aromatic heterocycles. The van der Waals surface area contributed by atoms with Gasteiger partial charge in [-0.3, -0.25) is 0 Å². The molecule has 0 aliphatic carbocycles. The van der Waals surface area contributed by atoms with Crippen LogP contribution in [0.25, 0.3) is 0 Å². The number of hydrogen-bond acceptors (Lipinski definition) is 1. The highest BCUT2D eigenvalue weighted by atomic mass is 35.5. The van der Waals surface area contributed by atoms with Crippen molar-refractivity contribution in [1.29, 1.82) is 0 Å². The van der Waals surface area contributed by atoms with Crippen LogP contribution in [0, 0.1) is 0 Å². The Morgan fingerprint density at radius 3 is 2.36 bits per heavy atom. The Labute approximate surface area is 76.1 Å². The van der Waals surface area contributed by atoms with Gasteiger partial charge >= 0.3 is 6.92 Å². The maximum Gasteiger partial charge on any atom is 0.320 e. The van der Waals surface area contributed by atoms with Crippen molar-refractivity contribution in [2.75, 3.05) is 0 Å². The topological polar surface area (TPSA) is 20.2 Å². The van der Waals surface area contributed by atoms with Gasteiger partial charge in [0.2, 0.25) is 0 Å². The zero-order valence-corrected chi connectivity index (χ0v) is 7.52. The summed E-state index contributed by atoms with van der Waals surface area (Å²) in [7, 11) is 0. The first kappa shape index (κ1) is 8.92. The first-order valence-corrected chi connectivity index (χ1v) is 4.00. The average Bonchev–Trinajstić information content (AvgIpc) is 1.94. The van der Waals surface area contributed by atoms with Gasteiger partial charge in [0.05, 0.1) is 10.0 Å². The second-order valence-corrected chi connectivity index (χ2v) is 3.16. The van der Waals surface area contributed by atoms with Gasteiger partial charge in [0.25, 0.3) is 0 Å². The SMILES string of the molecule is CB(O)c1ccc(Cl)c(Cl)c1. The van der Waals surface area contributed by atoms with Crippen LogP contribution < -0.4 is 5.46 Å². The van der Waals surface area contributed by atoms with Gasteiger partial charge in [0.15, 0.2) is 0 Å². The minimum Gasteiger partial charge on any atom is -0.447 e. The Kier molecular flexibility index (Phi) is 2.82. The molecule has 0 fully saturated rings. The lowest BCUT2D eigenvalue weighted by Gasteiger charge is -2.01. The van der Waals surface area contributed by atoms with E-state index in [2.05, 4.69) is 0 Å². The average molecular weight is 189 g/mol. The third-order valence-electron chi connectivity index (χ3n) is 1.43. The summed E-state index contributed by atoms with van der Waals surface area (Å²) < 4.78 is 0. The van der Waals surface area contributed by atoms with Crippen LogP contribution in [0.4, 0.5) is 0 Å². The maximum absolute atomic E-state index is 9.14. The standard InChI is InChI=1S/C7H7BCl2O/c1-8(11)5-2-3-6(9)7(10)4-5/h2-4,11H,1H3. The molecule has 0 saturated heterocycles. The Morgan fingerprint density at radius 1 is 1.27 bits per heavy atom. The third kappa shape index (κ3) is 2.13. The highest BCUT2D eigenvalue weighted by Crippen LogP contribution is 2.18. The highest BCUT2D eigenvalue weighted by Gasteiger charge is 2.07. The Morgan fingerprint density at radius 2 is 1.91 bits per heavy atom. The Hall–Kier alpha value is -0.175. The monoisotopic (exact) mass is 188 g/mol. The van der Waals surface area contributed by atoms with E-state index in [0.29, 0.717) is 10.0 Å². The van der Waals surface area contributed by atoms with Crippen LogP contribution in [0.5, 0.6) is 0 Å². The van der Waals surface area contributed by atoms with E-state index in [-0.39, 0.29) is 0 Å². The van der Waals surface area contributed by atoms with Gasteiger partial charge in [-0.2, -0.15) is 0 Å². The normalized spacial score (nSPS) is 9.82. The molecule has 0 saturated carbocycles. The largest absolute Gasteiger partial charge is 0.447 e. The van der Waals surface area contributed by atoms with Crippen LogP contribution in [0.2, 0.25) is 16.9 Å². The first-order valence-electron chi connectivity index (χ1n) is 3.24. The number of benzene rings is 1. The van der Waals surface area contributed by atoms with Crippen molar-refractivity contribution < 1.29 is 5.02 Å². The van der Waals surface area contributed by atoms with Gasteiger partial charge in [-0.1, -0.05) is 36.1 Å². The molecular formula is C7H7BCl2O. The molecule has 0 aliphatic rings. The molecule has 0 radical (unpaired) electrons. The molecular weight excluding hydrogens is 182 g/mol. The van der Waals surface area contributed by atoms with Gasteiger partial charge in [-0.15, -0.1) is 0 Å². The van der Waals surface area contributed by atoms with Gasteiger partial charge < -0.3 is 5.02 Å². The lowest BCUT2D eigenvalue weighted by Crippen LogP contribution is -2.25. The fraction of sp³-hybridized carbons (Fsp3) is 0.143. The van der Waals surface area contributed by atoms with E-state index in [0.717, 1.165) is 5.46 Å². The van der Waals surface area contributed by atoms with Crippen LogP contribution in [-0.2, 0) is 0 Å².